The van der Waals surface area contributed by atoms with Crippen LogP contribution in [0, 0.1) is 19.3 Å². The van der Waals surface area contributed by atoms with Crippen LogP contribution in [-0.4, -0.2) is 55.4 Å². The lowest BCUT2D eigenvalue weighted by atomic mass is 9.61. The molecular formula is C28H23ClF3N7O2. The molecule has 0 radical (unpaired) electrons. The summed E-state index contributed by atoms with van der Waals surface area (Å²) in [6.07, 6.45) is -1.37. The van der Waals surface area contributed by atoms with Crippen molar-refractivity contribution in [3.8, 4) is 28.3 Å². The van der Waals surface area contributed by atoms with Crippen LogP contribution in [-0.2, 0) is 4.79 Å². The number of fused-ring (bicyclic) bond motifs is 2. The Kier molecular flexibility index (Phi) is 5.68. The number of carbonyl (C=O) groups is 1. The summed E-state index contributed by atoms with van der Waals surface area (Å²) in [5.41, 5.74) is 6.44. The number of halogens is 4. The molecule has 2 N–H and O–H groups in total. The van der Waals surface area contributed by atoms with E-state index in [9.17, 15) is 18.0 Å². The molecule has 2 aromatic carbocycles. The fraction of sp³-hybridized carbons (Fsp3) is 0.321. The topological polar surface area (TPSA) is 111 Å². The van der Waals surface area contributed by atoms with Gasteiger partial charge < -0.3 is 10.1 Å². The Morgan fingerprint density at radius 2 is 1.90 bits per heavy atom. The Morgan fingerprint density at radius 3 is 2.61 bits per heavy atom. The van der Waals surface area contributed by atoms with Crippen molar-refractivity contribution in [3.63, 3.8) is 0 Å². The number of alkyl halides is 3. The Balaban J connectivity index is 1.39. The lowest BCUT2D eigenvalue weighted by Crippen LogP contribution is -2.60. The molecule has 0 atom stereocenters. The molecule has 13 heteroatoms. The minimum atomic E-state index is -5.15. The van der Waals surface area contributed by atoms with E-state index in [4.69, 9.17) is 16.7 Å². The first-order chi connectivity index (χ1) is 19.5. The number of hydrogen-bond acceptors (Lipinski definition) is 7. The van der Waals surface area contributed by atoms with E-state index in [0.29, 0.717) is 32.6 Å². The van der Waals surface area contributed by atoms with Crippen molar-refractivity contribution < 1.29 is 22.7 Å². The van der Waals surface area contributed by atoms with Crippen molar-refractivity contribution >= 4 is 39.4 Å². The summed E-state index contributed by atoms with van der Waals surface area (Å²) >= 11 is 6.96. The second-order valence-corrected chi connectivity index (χ2v) is 11.4. The van der Waals surface area contributed by atoms with Gasteiger partial charge in [0.2, 0.25) is 5.88 Å². The smallest absolute Gasteiger partial charge is 0.399 e. The monoisotopic (exact) mass is 581 g/mol. The van der Waals surface area contributed by atoms with Crippen LogP contribution in [0.25, 0.3) is 44.2 Å². The number of aryl methyl sites for hydroxylation is 1. The molecular weight excluding hydrogens is 559 g/mol. The molecule has 0 unspecified atom stereocenters. The highest BCUT2D eigenvalue weighted by Gasteiger charge is 2.50. The predicted octanol–water partition coefficient (Wildman–Crippen LogP) is 5.70. The van der Waals surface area contributed by atoms with E-state index in [1.54, 1.807) is 18.3 Å². The van der Waals surface area contributed by atoms with Gasteiger partial charge in [0, 0.05) is 52.3 Å². The molecule has 2 fully saturated rings. The van der Waals surface area contributed by atoms with Crippen LogP contribution < -0.4 is 10.1 Å². The molecule has 5 aromatic rings. The SMILES string of the molecule is Cc1cc2[nH]ncc2c(-c2c(-c3ccc4nnc(OC(=O)C(F)(F)F)cc4c3)nn(C3CC4(CNC4)C3)c2C)c1Cl. The maximum atomic E-state index is 12.7. The summed E-state index contributed by atoms with van der Waals surface area (Å²) in [5.74, 6) is -2.91. The molecule has 210 valence electrons. The number of ether oxygens (including phenoxy) is 1. The fourth-order valence-electron chi connectivity index (χ4n) is 6.08. The van der Waals surface area contributed by atoms with Gasteiger partial charge in [-0.1, -0.05) is 17.7 Å². The first-order valence-electron chi connectivity index (χ1n) is 13.0. The van der Waals surface area contributed by atoms with Crippen molar-refractivity contribution in [2.24, 2.45) is 5.41 Å². The first-order valence-corrected chi connectivity index (χ1v) is 13.4. The van der Waals surface area contributed by atoms with Gasteiger partial charge in [0.15, 0.2) is 0 Å². The minimum absolute atomic E-state index is 0.229. The Bertz CT molecular complexity index is 1870. The van der Waals surface area contributed by atoms with Crippen LogP contribution in [0.15, 0.2) is 36.5 Å². The molecule has 1 saturated carbocycles. The summed E-state index contributed by atoms with van der Waals surface area (Å²) < 4.78 is 44.7. The van der Waals surface area contributed by atoms with E-state index in [1.165, 1.54) is 6.07 Å². The fourth-order valence-corrected chi connectivity index (χ4v) is 6.33. The van der Waals surface area contributed by atoms with Gasteiger partial charge in [-0.15, -0.1) is 10.2 Å². The van der Waals surface area contributed by atoms with Crippen LogP contribution >= 0.6 is 11.6 Å². The first kappa shape index (κ1) is 25.9. The zero-order chi connectivity index (χ0) is 28.7. The zero-order valence-electron chi connectivity index (χ0n) is 21.9. The highest BCUT2D eigenvalue weighted by molar-refractivity contribution is 6.36. The third kappa shape index (κ3) is 4.15. The van der Waals surface area contributed by atoms with Gasteiger partial charge in [-0.05, 0) is 55.9 Å². The van der Waals surface area contributed by atoms with Crippen molar-refractivity contribution in [1.82, 2.24) is 35.5 Å². The quantitative estimate of drug-likeness (QED) is 0.262. The molecule has 9 nitrogen and oxygen atoms in total. The number of hydrogen-bond donors (Lipinski definition) is 2. The zero-order valence-corrected chi connectivity index (χ0v) is 22.7. The molecule has 7 rings (SSSR count). The number of nitrogens with one attached hydrogen (secondary N) is 2. The maximum Gasteiger partial charge on any atom is 0.491 e. The van der Waals surface area contributed by atoms with Gasteiger partial charge in [0.25, 0.3) is 0 Å². The van der Waals surface area contributed by atoms with Crippen molar-refractivity contribution in [1.29, 1.82) is 0 Å². The van der Waals surface area contributed by atoms with E-state index in [0.717, 1.165) is 59.2 Å². The molecule has 0 amide bonds. The minimum Gasteiger partial charge on any atom is -0.399 e. The van der Waals surface area contributed by atoms with Crippen LogP contribution in [0.3, 0.4) is 0 Å². The highest BCUT2D eigenvalue weighted by atomic mass is 35.5. The van der Waals surface area contributed by atoms with E-state index in [1.807, 2.05) is 26.0 Å². The normalized spacial score (nSPS) is 16.7. The summed E-state index contributed by atoms with van der Waals surface area (Å²) in [6, 6.07) is 8.72. The average molecular weight is 582 g/mol. The number of benzene rings is 2. The largest absolute Gasteiger partial charge is 0.491 e. The van der Waals surface area contributed by atoms with Crippen molar-refractivity contribution in [2.45, 2.75) is 38.9 Å². The summed E-state index contributed by atoms with van der Waals surface area (Å²) in [4.78, 5) is 11.4. The van der Waals surface area contributed by atoms with Crippen LogP contribution in [0.1, 0.15) is 30.1 Å². The van der Waals surface area contributed by atoms with Gasteiger partial charge >= 0.3 is 12.1 Å². The summed E-state index contributed by atoms with van der Waals surface area (Å²) in [5, 5.41) is 25.2. The number of H-pyrrole nitrogens is 1. The van der Waals surface area contributed by atoms with Gasteiger partial charge in [0.05, 0.1) is 28.3 Å². The third-order valence-electron chi connectivity index (χ3n) is 8.21. The molecule has 41 heavy (non-hydrogen) atoms. The van der Waals surface area contributed by atoms with E-state index in [2.05, 4.69) is 35.1 Å². The average Bonchev–Trinajstić information content (AvgIpc) is 3.47. The molecule has 1 spiro atoms. The molecule has 0 bridgehead atoms. The van der Waals surface area contributed by atoms with Crippen LogP contribution in [0.5, 0.6) is 5.88 Å². The van der Waals surface area contributed by atoms with Gasteiger partial charge in [-0.25, -0.2) is 4.79 Å². The lowest BCUT2D eigenvalue weighted by Gasteiger charge is -2.54. The predicted molar refractivity (Wildman–Crippen MR) is 146 cm³/mol. The van der Waals surface area contributed by atoms with Crippen LogP contribution in [0.4, 0.5) is 13.2 Å². The molecule has 1 aliphatic heterocycles. The summed E-state index contributed by atoms with van der Waals surface area (Å²) in [6.45, 7) is 5.98. The van der Waals surface area contributed by atoms with Crippen molar-refractivity contribution in [3.05, 3.63) is 52.8 Å². The number of aromatic amines is 1. The van der Waals surface area contributed by atoms with Gasteiger partial charge in [-0.2, -0.15) is 23.4 Å². The highest BCUT2D eigenvalue weighted by Crippen LogP contribution is 2.53. The van der Waals surface area contributed by atoms with E-state index < -0.39 is 18.0 Å². The van der Waals surface area contributed by atoms with E-state index >= 15 is 0 Å². The van der Waals surface area contributed by atoms with Gasteiger partial charge in [-0.3, -0.25) is 9.78 Å². The molecule has 3 aromatic heterocycles. The molecule has 2 aliphatic rings. The lowest BCUT2D eigenvalue weighted by molar-refractivity contribution is -0.190. The van der Waals surface area contributed by atoms with Gasteiger partial charge in [0.1, 0.15) is 5.69 Å². The number of esters is 1. The number of rotatable bonds is 4. The molecule has 4 heterocycles. The Morgan fingerprint density at radius 1 is 1.12 bits per heavy atom. The Hall–Kier alpha value is -4.03. The second kappa shape index (κ2) is 8.98. The number of carbonyl (C=O) groups excluding carboxylic acids is 1. The molecule has 1 saturated heterocycles. The van der Waals surface area contributed by atoms with E-state index in [-0.39, 0.29) is 6.04 Å². The summed E-state index contributed by atoms with van der Waals surface area (Å²) in [7, 11) is 0. The number of nitrogens with zero attached hydrogens (tertiary/aromatic N) is 5. The van der Waals surface area contributed by atoms with Crippen LogP contribution in [0.2, 0.25) is 5.02 Å². The Labute approximate surface area is 236 Å². The van der Waals surface area contributed by atoms with Crippen molar-refractivity contribution in [2.75, 3.05) is 13.1 Å². The third-order valence-corrected chi connectivity index (χ3v) is 8.70. The standard InChI is InChI=1S/C28H23ClF3N7O2/c1-13-5-20-18(10-34-35-20)23(24(13)29)22-14(2)39(17-8-27(9-17)11-33-12-27)38-25(22)15-3-4-19-16(6-15)7-21(37-36-19)41-26(40)28(30,31)32/h3-7,10,17,33H,8-9,11-12H2,1-2H3,(H,34,35). The maximum absolute atomic E-state index is 12.7. The molecule has 1 aliphatic carbocycles. The second-order valence-electron chi connectivity index (χ2n) is 11.0. The number of aromatic nitrogens is 6.